The zero-order valence-electron chi connectivity index (χ0n) is 13.2. The minimum atomic E-state index is -2.89. The van der Waals surface area contributed by atoms with Crippen molar-refractivity contribution < 1.29 is 19.0 Å². The van der Waals surface area contributed by atoms with E-state index in [-0.39, 0.29) is 18.3 Å². The van der Waals surface area contributed by atoms with Crippen molar-refractivity contribution in [1.29, 1.82) is 0 Å². The summed E-state index contributed by atoms with van der Waals surface area (Å²) in [7, 11) is -2.89. The summed E-state index contributed by atoms with van der Waals surface area (Å²) in [5, 5.41) is 11.9. The van der Waals surface area contributed by atoms with Crippen molar-refractivity contribution in [2.75, 3.05) is 25.6 Å². The third kappa shape index (κ3) is 7.07. The van der Waals surface area contributed by atoms with Gasteiger partial charge in [0, 0.05) is 19.0 Å². The maximum Gasteiger partial charge on any atom is 0.267 e. The summed E-state index contributed by atoms with van der Waals surface area (Å²) < 4.78 is 17.6. The van der Waals surface area contributed by atoms with Gasteiger partial charge in [0.1, 0.15) is 0 Å². The van der Waals surface area contributed by atoms with Crippen LogP contribution in [0.15, 0.2) is 30.3 Å². The molecule has 0 saturated carbocycles. The Labute approximate surface area is 136 Å². The average molecular weight is 345 g/mol. The van der Waals surface area contributed by atoms with Gasteiger partial charge in [-0.15, -0.1) is 0 Å². The largest absolute Gasteiger partial charge is 0.395 e. The van der Waals surface area contributed by atoms with Crippen molar-refractivity contribution in [1.82, 2.24) is 5.09 Å². The van der Waals surface area contributed by atoms with Crippen LogP contribution in [0.3, 0.4) is 0 Å². The van der Waals surface area contributed by atoms with Crippen LogP contribution in [0, 0.1) is 5.41 Å². The molecule has 1 rings (SSSR count). The Hall–Kier alpha value is -0.650. The number of carbonyl (C=O) groups excluding carboxylic acids is 1. The molecule has 22 heavy (non-hydrogen) atoms. The number of carbonyl (C=O) groups is 1. The first-order valence-corrected chi connectivity index (χ1v) is 10.1. The lowest BCUT2D eigenvalue weighted by molar-refractivity contribution is -0.119. The fourth-order valence-electron chi connectivity index (χ4n) is 1.48. The highest BCUT2D eigenvalue weighted by Crippen LogP contribution is 2.38. The predicted octanol–water partition coefficient (Wildman–Crippen LogP) is 2.89. The molecule has 1 aromatic carbocycles. The van der Waals surface area contributed by atoms with Gasteiger partial charge in [-0.1, -0.05) is 42.1 Å². The SMILES string of the molecule is CC(C)(CO)C(=O)SCCOP(C)(=O)NCc1ccccc1. The lowest BCUT2D eigenvalue weighted by atomic mass is 9.97. The van der Waals surface area contributed by atoms with Crippen LogP contribution in [0.25, 0.3) is 0 Å². The fourth-order valence-corrected chi connectivity index (χ4v) is 3.41. The standard InChI is InChI=1S/C15H24NO4PS/c1-15(2,12-17)14(18)22-10-9-20-21(3,19)16-11-13-7-5-4-6-8-13/h4-8,17H,9-12H2,1-3H3,(H,16,19). The van der Waals surface area contributed by atoms with E-state index < -0.39 is 12.9 Å². The Morgan fingerprint density at radius 2 is 2.00 bits per heavy atom. The van der Waals surface area contributed by atoms with Gasteiger partial charge in [-0.05, 0) is 19.4 Å². The predicted molar refractivity (Wildman–Crippen MR) is 91.1 cm³/mol. The summed E-state index contributed by atoms with van der Waals surface area (Å²) >= 11 is 1.09. The molecule has 0 bridgehead atoms. The molecule has 0 amide bonds. The van der Waals surface area contributed by atoms with Gasteiger partial charge in [0.15, 0.2) is 5.12 Å². The summed E-state index contributed by atoms with van der Waals surface area (Å²) in [5.41, 5.74) is 0.272. The van der Waals surface area contributed by atoms with Crippen LogP contribution in [0.4, 0.5) is 0 Å². The molecule has 0 saturated heterocycles. The molecule has 0 aliphatic heterocycles. The summed E-state index contributed by atoms with van der Waals surface area (Å²) in [6, 6.07) is 9.65. The third-order valence-corrected chi connectivity index (χ3v) is 5.61. The molecule has 1 aromatic rings. The van der Waals surface area contributed by atoms with Gasteiger partial charge in [0.05, 0.1) is 18.6 Å². The monoisotopic (exact) mass is 345 g/mol. The fraction of sp³-hybridized carbons (Fsp3) is 0.533. The molecule has 0 aromatic heterocycles. The number of aliphatic hydroxyl groups is 1. The number of rotatable bonds is 9. The molecule has 0 fully saturated rings. The van der Waals surface area contributed by atoms with E-state index in [1.807, 2.05) is 30.3 Å². The van der Waals surface area contributed by atoms with Crippen LogP contribution in [0.5, 0.6) is 0 Å². The highest BCUT2D eigenvalue weighted by molar-refractivity contribution is 8.13. The van der Waals surface area contributed by atoms with Gasteiger partial charge >= 0.3 is 0 Å². The molecular formula is C15H24NO4PS. The number of hydrogen-bond donors (Lipinski definition) is 2. The summed E-state index contributed by atoms with van der Waals surface area (Å²) in [6.45, 7) is 5.40. The van der Waals surface area contributed by atoms with Crippen LogP contribution >= 0.6 is 19.3 Å². The maximum atomic E-state index is 12.2. The summed E-state index contributed by atoms with van der Waals surface area (Å²) in [6.07, 6.45) is 0. The number of thioether (sulfide) groups is 1. The lowest BCUT2D eigenvalue weighted by Gasteiger charge is -2.19. The van der Waals surface area contributed by atoms with Crippen molar-refractivity contribution in [3.05, 3.63) is 35.9 Å². The Morgan fingerprint density at radius 1 is 1.36 bits per heavy atom. The van der Waals surface area contributed by atoms with E-state index in [2.05, 4.69) is 5.09 Å². The van der Waals surface area contributed by atoms with Crippen LogP contribution in [0.1, 0.15) is 19.4 Å². The van der Waals surface area contributed by atoms with Crippen molar-refractivity contribution in [3.63, 3.8) is 0 Å². The molecule has 0 aliphatic rings. The van der Waals surface area contributed by atoms with E-state index in [9.17, 15) is 9.36 Å². The van der Waals surface area contributed by atoms with Crippen LogP contribution < -0.4 is 5.09 Å². The van der Waals surface area contributed by atoms with E-state index in [1.165, 1.54) is 6.66 Å². The van der Waals surface area contributed by atoms with E-state index in [0.717, 1.165) is 17.3 Å². The minimum absolute atomic E-state index is 0.0956. The normalized spacial score (nSPS) is 14.5. The van der Waals surface area contributed by atoms with Crippen molar-refractivity contribution in [3.8, 4) is 0 Å². The molecule has 1 unspecified atom stereocenters. The van der Waals surface area contributed by atoms with Gasteiger partial charge < -0.3 is 9.63 Å². The Balaban J connectivity index is 2.28. The highest BCUT2D eigenvalue weighted by atomic mass is 32.2. The summed E-state index contributed by atoms with van der Waals surface area (Å²) in [4.78, 5) is 11.8. The first kappa shape index (κ1) is 19.4. The Bertz CT molecular complexity index is 522. The number of benzene rings is 1. The molecule has 0 spiro atoms. The molecule has 7 heteroatoms. The number of hydrogen-bond acceptors (Lipinski definition) is 5. The van der Waals surface area contributed by atoms with Crippen LogP contribution in [-0.4, -0.2) is 35.9 Å². The molecule has 0 heterocycles. The second kappa shape index (κ2) is 8.85. The van der Waals surface area contributed by atoms with Gasteiger partial charge in [0.2, 0.25) is 0 Å². The van der Waals surface area contributed by atoms with Crippen molar-refractivity contribution in [2.45, 2.75) is 20.4 Å². The quantitative estimate of drug-likeness (QED) is 0.529. The molecule has 5 nitrogen and oxygen atoms in total. The average Bonchev–Trinajstić information content (AvgIpc) is 2.50. The minimum Gasteiger partial charge on any atom is -0.395 e. The van der Waals surface area contributed by atoms with Crippen molar-refractivity contribution >= 4 is 24.4 Å². The van der Waals surface area contributed by atoms with Crippen LogP contribution in [-0.2, 0) is 20.4 Å². The van der Waals surface area contributed by atoms with E-state index >= 15 is 0 Å². The first-order chi connectivity index (χ1) is 10.3. The molecular weight excluding hydrogens is 321 g/mol. The molecule has 0 radical (unpaired) electrons. The number of aliphatic hydroxyl groups excluding tert-OH is 1. The van der Waals surface area contributed by atoms with Gasteiger partial charge in [-0.2, -0.15) is 0 Å². The second-order valence-corrected chi connectivity index (χ2v) is 9.01. The smallest absolute Gasteiger partial charge is 0.267 e. The molecule has 2 N–H and O–H groups in total. The highest BCUT2D eigenvalue weighted by Gasteiger charge is 2.26. The third-order valence-electron chi connectivity index (χ3n) is 3.02. The summed E-state index contributed by atoms with van der Waals surface area (Å²) in [5.74, 6) is 0.410. The maximum absolute atomic E-state index is 12.2. The van der Waals surface area contributed by atoms with Crippen LogP contribution in [0.2, 0.25) is 0 Å². The van der Waals surface area contributed by atoms with E-state index in [4.69, 9.17) is 9.63 Å². The lowest BCUT2D eigenvalue weighted by Crippen LogP contribution is -2.26. The van der Waals surface area contributed by atoms with Gasteiger partial charge in [-0.25, -0.2) is 5.09 Å². The Kier molecular flexibility index (Phi) is 7.80. The molecule has 124 valence electrons. The molecule has 0 aliphatic carbocycles. The van der Waals surface area contributed by atoms with E-state index in [1.54, 1.807) is 13.8 Å². The van der Waals surface area contributed by atoms with Gasteiger partial charge in [-0.3, -0.25) is 9.36 Å². The Morgan fingerprint density at radius 3 is 2.59 bits per heavy atom. The first-order valence-electron chi connectivity index (χ1n) is 7.06. The van der Waals surface area contributed by atoms with Crippen molar-refractivity contribution in [2.24, 2.45) is 5.41 Å². The van der Waals surface area contributed by atoms with E-state index in [0.29, 0.717) is 12.3 Å². The topological polar surface area (TPSA) is 75.6 Å². The number of nitrogens with one attached hydrogen (secondary N) is 1. The molecule has 1 atom stereocenters. The zero-order chi connectivity index (χ0) is 16.6. The zero-order valence-corrected chi connectivity index (χ0v) is 15.0. The van der Waals surface area contributed by atoms with Gasteiger partial charge in [0.25, 0.3) is 7.52 Å². The second-order valence-electron chi connectivity index (χ2n) is 5.68.